The fourth-order valence-corrected chi connectivity index (χ4v) is 5.36. The standard InChI is InChI=1S/C27H27FN4O6S2/c1-40(36,37)15-8-23(27(34)35)31-25(33)21-7-4-19(16-22(21)18-2-5-20(28)6-3-18)24(26-30-10-14-39-26)38-13-12-32-11-9-29-17-32/h2-7,9-11,14,16-17,23-24H,8,12-13,15H2,1H3,(H,31,33)(H,34,35)/t23-,24?/m0/s1. The summed E-state index contributed by atoms with van der Waals surface area (Å²) in [7, 11) is -3.44. The van der Waals surface area contributed by atoms with E-state index in [1.165, 1.54) is 35.6 Å². The summed E-state index contributed by atoms with van der Waals surface area (Å²) in [6, 6.07) is 9.10. The van der Waals surface area contributed by atoms with Crippen LogP contribution in [0.2, 0.25) is 0 Å². The van der Waals surface area contributed by atoms with E-state index < -0.39 is 45.4 Å². The van der Waals surface area contributed by atoms with Crippen molar-refractivity contribution in [2.24, 2.45) is 0 Å². The number of sulfone groups is 1. The largest absolute Gasteiger partial charge is 0.480 e. The average Bonchev–Trinajstić information content (AvgIpc) is 3.63. The number of benzene rings is 2. The molecule has 0 aliphatic heterocycles. The van der Waals surface area contributed by atoms with Crippen molar-refractivity contribution in [1.82, 2.24) is 19.9 Å². The molecule has 0 fully saturated rings. The highest BCUT2D eigenvalue weighted by Gasteiger charge is 2.25. The molecule has 4 rings (SSSR count). The number of aliphatic carboxylic acids is 1. The van der Waals surface area contributed by atoms with Crippen molar-refractivity contribution in [3.05, 3.63) is 94.7 Å². The number of nitrogens with zero attached hydrogens (tertiary/aromatic N) is 3. The lowest BCUT2D eigenvalue weighted by Gasteiger charge is -2.20. The van der Waals surface area contributed by atoms with Gasteiger partial charge in [-0.05, 0) is 47.4 Å². The van der Waals surface area contributed by atoms with Crippen LogP contribution in [0.3, 0.4) is 0 Å². The topological polar surface area (TPSA) is 140 Å². The highest BCUT2D eigenvalue weighted by Crippen LogP contribution is 2.33. The van der Waals surface area contributed by atoms with E-state index in [0.717, 1.165) is 6.26 Å². The number of carbonyl (C=O) groups is 2. The minimum absolute atomic E-state index is 0.136. The minimum atomic E-state index is -3.44. The molecule has 2 atom stereocenters. The van der Waals surface area contributed by atoms with Gasteiger partial charge in [-0.15, -0.1) is 11.3 Å². The number of hydrogen-bond donors (Lipinski definition) is 2. The van der Waals surface area contributed by atoms with Gasteiger partial charge in [0, 0.05) is 42.3 Å². The van der Waals surface area contributed by atoms with Crippen LogP contribution in [0.15, 0.2) is 72.8 Å². The maximum absolute atomic E-state index is 13.7. The van der Waals surface area contributed by atoms with E-state index in [1.807, 2.05) is 16.1 Å². The van der Waals surface area contributed by atoms with Crippen LogP contribution >= 0.6 is 11.3 Å². The Kier molecular flexibility index (Phi) is 9.40. The minimum Gasteiger partial charge on any atom is -0.480 e. The van der Waals surface area contributed by atoms with Gasteiger partial charge in [0.1, 0.15) is 32.8 Å². The summed E-state index contributed by atoms with van der Waals surface area (Å²) in [6.07, 6.45) is 6.98. The molecule has 0 saturated carbocycles. The van der Waals surface area contributed by atoms with Gasteiger partial charge in [0.15, 0.2) is 0 Å². The molecule has 0 aliphatic rings. The molecule has 4 aromatic rings. The zero-order valence-electron chi connectivity index (χ0n) is 21.4. The molecule has 0 bridgehead atoms. The van der Waals surface area contributed by atoms with Crippen LogP contribution < -0.4 is 5.32 Å². The Labute approximate surface area is 234 Å². The van der Waals surface area contributed by atoms with Crippen molar-refractivity contribution >= 4 is 33.1 Å². The summed E-state index contributed by atoms with van der Waals surface area (Å²) in [6.45, 7) is 0.895. The van der Waals surface area contributed by atoms with Crippen LogP contribution in [0.5, 0.6) is 0 Å². The monoisotopic (exact) mass is 586 g/mol. The molecule has 2 N–H and O–H groups in total. The molecule has 13 heteroatoms. The van der Waals surface area contributed by atoms with E-state index in [9.17, 15) is 27.5 Å². The summed E-state index contributed by atoms with van der Waals surface area (Å²) in [5.41, 5.74) is 1.76. The fraction of sp³-hybridized carbons (Fsp3) is 0.259. The molecular formula is C27H27FN4O6S2. The second-order valence-corrected chi connectivity index (χ2v) is 12.2. The molecule has 0 spiro atoms. The number of hydrogen-bond acceptors (Lipinski definition) is 8. The predicted molar refractivity (Wildman–Crippen MR) is 147 cm³/mol. The molecule has 0 aliphatic carbocycles. The molecule has 210 valence electrons. The molecule has 0 saturated heterocycles. The number of imidazole rings is 1. The third-order valence-electron chi connectivity index (χ3n) is 6.00. The maximum atomic E-state index is 13.7. The third-order valence-corrected chi connectivity index (χ3v) is 7.79. The first-order valence-electron chi connectivity index (χ1n) is 12.2. The predicted octanol–water partition coefficient (Wildman–Crippen LogP) is 3.57. The molecule has 40 heavy (non-hydrogen) atoms. The van der Waals surface area contributed by atoms with Crippen molar-refractivity contribution in [2.45, 2.75) is 25.1 Å². The number of carboxylic acid groups (broad SMARTS) is 1. The zero-order chi connectivity index (χ0) is 28.7. The maximum Gasteiger partial charge on any atom is 0.326 e. The summed E-state index contributed by atoms with van der Waals surface area (Å²) in [5, 5.41) is 14.5. The normalized spacial score (nSPS) is 13.1. The molecule has 0 radical (unpaired) electrons. The number of carbonyl (C=O) groups excluding carboxylic acids is 1. The zero-order valence-corrected chi connectivity index (χ0v) is 23.1. The van der Waals surface area contributed by atoms with Gasteiger partial charge in [-0.25, -0.2) is 27.6 Å². The van der Waals surface area contributed by atoms with E-state index in [0.29, 0.717) is 34.8 Å². The van der Waals surface area contributed by atoms with Crippen LogP contribution in [-0.2, 0) is 25.9 Å². The number of halogens is 1. The van der Waals surface area contributed by atoms with Crippen molar-refractivity contribution in [3.63, 3.8) is 0 Å². The van der Waals surface area contributed by atoms with Gasteiger partial charge in [0.05, 0.1) is 18.7 Å². The first-order valence-corrected chi connectivity index (χ1v) is 15.1. The molecule has 1 amide bonds. The smallest absolute Gasteiger partial charge is 0.326 e. The van der Waals surface area contributed by atoms with Gasteiger partial charge < -0.3 is 19.7 Å². The SMILES string of the molecule is CS(=O)(=O)CC[C@H](NC(=O)c1ccc(C(OCCn2ccnc2)c2nccs2)cc1-c1ccc(F)cc1)C(=O)O. The summed E-state index contributed by atoms with van der Waals surface area (Å²) in [4.78, 5) is 33.5. The average molecular weight is 587 g/mol. The van der Waals surface area contributed by atoms with Gasteiger partial charge >= 0.3 is 5.97 Å². The van der Waals surface area contributed by atoms with Crippen molar-refractivity contribution in [3.8, 4) is 11.1 Å². The van der Waals surface area contributed by atoms with Gasteiger partial charge in [-0.2, -0.15) is 0 Å². The van der Waals surface area contributed by atoms with Gasteiger partial charge in [0.2, 0.25) is 0 Å². The quantitative estimate of drug-likeness (QED) is 0.242. The highest BCUT2D eigenvalue weighted by molar-refractivity contribution is 7.90. The summed E-state index contributed by atoms with van der Waals surface area (Å²) in [5.74, 6) is -2.92. The summed E-state index contributed by atoms with van der Waals surface area (Å²) < 4.78 is 44.9. The second kappa shape index (κ2) is 12.9. The number of rotatable bonds is 13. The Morgan fingerprint density at radius 1 is 1.18 bits per heavy atom. The van der Waals surface area contributed by atoms with Crippen LogP contribution in [0.4, 0.5) is 4.39 Å². The molecular weight excluding hydrogens is 559 g/mol. The van der Waals surface area contributed by atoms with Crippen LogP contribution in [-0.4, -0.2) is 64.6 Å². The lowest BCUT2D eigenvalue weighted by molar-refractivity contribution is -0.139. The van der Waals surface area contributed by atoms with E-state index in [-0.39, 0.29) is 12.0 Å². The van der Waals surface area contributed by atoms with E-state index in [4.69, 9.17) is 4.74 Å². The Hall–Kier alpha value is -3.94. The molecule has 1 unspecified atom stereocenters. The number of aromatic nitrogens is 3. The molecule has 10 nitrogen and oxygen atoms in total. The number of amides is 1. The summed E-state index contributed by atoms with van der Waals surface area (Å²) >= 11 is 1.41. The Balaban J connectivity index is 1.67. The number of thiazole rings is 1. The Bertz CT molecular complexity index is 1540. The Morgan fingerprint density at radius 3 is 2.58 bits per heavy atom. The number of nitrogens with one attached hydrogen (secondary N) is 1. The van der Waals surface area contributed by atoms with E-state index in [1.54, 1.807) is 36.9 Å². The molecule has 2 aromatic heterocycles. The molecule has 2 heterocycles. The fourth-order valence-electron chi connectivity index (χ4n) is 3.99. The second-order valence-electron chi connectivity index (χ2n) is 9.02. The lowest BCUT2D eigenvalue weighted by Crippen LogP contribution is -2.42. The van der Waals surface area contributed by atoms with E-state index in [2.05, 4.69) is 15.3 Å². The number of ether oxygens (including phenoxy) is 1. The van der Waals surface area contributed by atoms with Gasteiger partial charge in [0.25, 0.3) is 5.91 Å². The van der Waals surface area contributed by atoms with Crippen molar-refractivity contribution < 1.29 is 32.2 Å². The highest BCUT2D eigenvalue weighted by atomic mass is 32.2. The number of carboxylic acids is 1. The van der Waals surface area contributed by atoms with Crippen molar-refractivity contribution in [2.75, 3.05) is 18.6 Å². The van der Waals surface area contributed by atoms with Gasteiger partial charge in [-0.3, -0.25) is 4.79 Å². The van der Waals surface area contributed by atoms with Crippen LogP contribution in [0.1, 0.15) is 33.5 Å². The lowest BCUT2D eigenvalue weighted by atomic mass is 9.94. The first-order chi connectivity index (χ1) is 19.1. The van der Waals surface area contributed by atoms with E-state index >= 15 is 0 Å². The first kappa shape index (κ1) is 29.1. The van der Waals surface area contributed by atoms with Gasteiger partial charge in [-0.1, -0.05) is 18.2 Å². The Morgan fingerprint density at radius 2 is 1.95 bits per heavy atom. The molecule has 2 aromatic carbocycles. The third kappa shape index (κ3) is 7.81. The van der Waals surface area contributed by atoms with Crippen LogP contribution in [0.25, 0.3) is 11.1 Å². The van der Waals surface area contributed by atoms with Crippen LogP contribution in [0, 0.1) is 5.82 Å². The van der Waals surface area contributed by atoms with Crippen molar-refractivity contribution in [1.29, 1.82) is 0 Å².